The highest BCUT2D eigenvalue weighted by molar-refractivity contribution is 5.44. The van der Waals surface area contributed by atoms with E-state index < -0.39 is 0 Å². The number of aryl methyl sites for hydroxylation is 1. The molecule has 0 aliphatic carbocycles. The molecule has 0 radical (unpaired) electrons. The SMILES string of the molecule is CCc1cccc2c1OC(C)CC2N. The van der Waals surface area contributed by atoms with E-state index in [-0.39, 0.29) is 12.1 Å². The molecule has 1 aliphatic rings. The topological polar surface area (TPSA) is 35.2 Å². The van der Waals surface area contributed by atoms with Gasteiger partial charge in [0.25, 0.3) is 0 Å². The van der Waals surface area contributed by atoms with Crippen molar-refractivity contribution in [3.8, 4) is 5.75 Å². The summed E-state index contributed by atoms with van der Waals surface area (Å²) in [6.07, 6.45) is 2.16. The van der Waals surface area contributed by atoms with Crippen molar-refractivity contribution >= 4 is 0 Å². The fourth-order valence-electron chi connectivity index (χ4n) is 2.05. The van der Waals surface area contributed by atoms with Crippen LogP contribution < -0.4 is 10.5 Å². The molecule has 0 fully saturated rings. The van der Waals surface area contributed by atoms with Crippen LogP contribution in [0.5, 0.6) is 5.75 Å². The lowest BCUT2D eigenvalue weighted by molar-refractivity contribution is 0.175. The minimum Gasteiger partial charge on any atom is -0.490 e. The van der Waals surface area contributed by atoms with Crippen LogP contribution in [0.2, 0.25) is 0 Å². The summed E-state index contributed by atoms with van der Waals surface area (Å²) in [7, 11) is 0. The van der Waals surface area contributed by atoms with Gasteiger partial charge in [0.05, 0.1) is 6.10 Å². The van der Waals surface area contributed by atoms with Crippen molar-refractivity contribution < 1.29 is 4.74 Å². The Bertz CT molecular complexity index is 335. The number of fused-ring (bicyclic) bond motifs is 1. The van der Waals surface area contributed by atoms with E-state index >= 15 is 0 Å². The van der Waals surface area contributed by atoms with Crippen LogP contribution in [0.25, 0.3) is 0 Å². The van der Waals surface area contributed by atoms with Gasteiger partial charge in [-0.2, -0.15) is 0 Å². The summed E-state index contributed by atoms with van der Waals surface area (Å²) in [5.41, 5.74) is 8.52. The van der Waals surface area contributed by atoms with Gasteiger partial charge in [-0.05, 0) is 18.9 Å². The van der Waals surface area contributed by atoms with Crippen LogP contribution in [0.15, 0.2) is 18.2 Å². The van der Waals surface area contributed by atoms with Gasteiger partial charge >= 0.3 is 0 Å². The van der Waals surface area contributed by atoms with E-state index in [1.165, 1.54) is 11.1 Å². The summed E-state index contributed by atoms with van der Waals surface area (Å²) in [5, 5.41) is 0. The molecule has 1 aliphatic heterocycles. The maximum absolute atomic E-state index is 6.08. The summed E-state index contributed by atoms with van der Waals surface area (Å²) >= 11 is 0. The molecular formula is C12H17NO. The lowest BCUT2D eigenvalue weighted by atomic mass is 9.95. The van der Waals surface area contributed by atoms with Crippen molar-refractivity contribution in [2.45, 2.75) is 38.8 Å². The molecular weight excluding hydrogens is 174 g/mol. The van der Waals surface area contributed by atoms with Gasteiger partial charge in [0, 0.05) is 18.0 Å². The van der Waals surface area contributed by atoms with Crippen molar-refractivity contribution in [1.29, 1.82) is 0 Å². The van der Waals surface area contributed by atoms with Crippen LogP contribution >= 0.6 is 0 Å². The van der Waals surface area contributed by atoms with E-state index in [1.807, 2.05) is 0 Å². The molecule has 2 N–H and O–H groups in total. The molecule has 1 aromatic rings. The standard InChI is InChI=1S/C12H17NO/c1-3-9-5-4-6-10-11(13)7-8(2)14-12(9)10/h4-6,8,11H,3,7,13H2,1-2H3. The van der Waals surface area contributed by atoms with Gasteiger partial charge in [0.2, 0.25) is 0 Å². The molecule has 1 heterocycles. The largest absolute Gasteiger partial charge is 0.490 e. The van der Waals surface area contributed by atoms with Gasteiger partial charge in [-0.25, -0.2) is 0 Å². The average molecular weight is 191 g/mol. The van der Waals surface area contributed by atoms with Gasteiger partial charge < -0.3 is 10.5 Å². The number of para-hydroxylation sites is 1. The van der Waals surface area contributed by atoms with Crippen molar-refractivity contribution in [3.05, 3.63) is 29.3 Å². The summed E-state index contributed by atoms with van der Waals surface area (Å²) < 4.78 is 5.84. The Morgan fingerprint density at radius 2 is 2.29 bits per heavy atom. The van der Waals surface area contributed by atoms with Crippen LogP contribution in [-0.2, 0) is 6.42 Å². The average Bonchev–Trinajstić information content (AvgIpc) is 2.17. The molecule has 2 heteroatoms. The van der Waals surface area contributed by atoms with Crippen molar-refractivity contribution in [1.82, 2.24) is 0 Å². The zero-order valence-corrected chi connectivity index (χ0v) is 8.79. The minimum absolute atomic E-state index is 0.139. The molecule has 0 amide bonds. The van der Waals surface area contributed by atoms with Crippen molar-refractivity contribution in [3.63, 3.8) is 0 Å². The lowest BCUT2D eigenvalue weighted by Gasteiger charge is -2.29. The van der Waals surface area contributed by atoms with Crippen LogP contribution in [0.3, 0.4) is 0 Å². The summed E-state index contributed by atoms with van der Waals surface area (Å²) in [6.45, 7) is 4.22. The fraction of sp³-hybridized carbons (Fsp3) is 0.500. The monoisotopic (exact) mass is 191 g/mol. The van der Waals surface area contributed by atoms with Gasteiger partial charge in [-0.15, -0.1) is 0 Å². The Kier molecular flexibility index (Phi) is 2.46. The van der Waals surface area contributed by atoms with Crippen LogP contribution in [0.1, 0.15) is 37.4 Å². The van der Waals surface area contributed by atoms with Crippen molar-refractivity contribution in [2.75, 3.05) is 0 Å². The highest BCUT2D eigenvalue weighted by atomic mass is 16.5. The normalized spacial score (nSPS) is 25.4. The highest BCUT2D eigenvalue weighted by Crippen LogP contribution is 2.36. The Labute approximate surface area is 85.1 Å². The zero-order chi connectivity index (χ0) is 10.1. The van der Waals surface area contributed by atoms with Gasteiger partial charge in [0.1, 0.15) is 5.75 Å². The first kappa shape index (κ1) is 9.53. The molecule has 0 saturated carbocycles. The van der Waals surface area contributed by atoms with E-state index in [1.54, 1.807) is 0 Å². The van der Waals surface area contributed by atoms with E-state index in [0.717, 1.165) is 18.6 Å². The molecule has 1 aromatic carbocycles. The molecule has 0 saturated heterocycles. The first-order valence-corrected chi connectivity index (χ1v) is 5.26. The molecule has 0 aromatic heterocycles. The summed E-state index contributed by atoms with van der Waals surface area (Å²) in [5.74, 6) is 1.03. The smallest absolute Gasteiger partial charge is 0.127 e. The van der Waals surface area contributed by atoms with E-state index in [0.29, 0.717) is 0 Å². The van der Waals surface area contributed by atoms with E-state index in [9.17, 15) is 0 Å². The second-order valence-electron chi connectivity index (χ2n) is 3.96. The van der Waals surface area contributed by atoms with Crippen LogP contribution in [-0.4, -0.2) is 6.10 Å². The molecule has 0 spiro atoms. The zero-order valence-electron chi connectivity index (χ0n) is 8.79. The Morgan fingerprint density at radius 3 is 3.00 bits per heavy atom. The maximum atomic E-state index is 6.08. The lowest BCUT2D eigenvalue weighted by Crippen LogP contribution is -2.27. The molecule has 14 heavy (non-hydrogen) atoms. The van der Waals surface area contributed by atoms with Crippen LogP contribution in [0.4, 0.5) is 0 Å². The second kappa shape index (κ2) is 3.62. The maximum Gasteiger partial charge on any atom is 0.127 e. The Hall–Kier alpha value is -1.02. The third-order valence-corrected chi connectivity index (χ3v) is 2.81. The third-order valence-electron chi connectivity index (χ3n) is 2.81. The molecule has 0 bridgehead atoms. The Balaban J connectivity index is 2.47. The minimum atomic E-state index is 0.139. The second-order valence-corrected chi connectivity index (χ2v) is 3.96. The number of hydrogen-bond acceptors (Lipinski definition) is 2. The highest BCUT2D eigenvalue weighted by Gasteiger charge is 2.24. The first-order valence-electron chi connectivity index (χ1n) is 5.26. The fourth-order valence-corrected chi connectivity index (χ4v) is 2.05. The Morgan fingerprint density at radius 1 is 1.50 bits per heavy atom. The van der Waals surface area contributed by atoms with Crippen molar-refractivity contribution in [2.24, 2.45) is 5.73 Å². The quantitative estimate of drug-likeness (QED) is 0.740. The predicted molar refractivity (Wildman–Crippen MR) is 57.5 cm³/mol. The van der Waals surface area contributed by atoms with Crippen LogP contribution in [0, 0.1) is 0 Å². The number of nitrogens with two attached hydrogens (primary N) is 1. The molecule has 2 atom stereocenters. The third kappa shape index (κ3) is 1.50. The molecule has 76 valence electrons. The number of ether oxygens (including phenoxy) is 1. The predicted octanol–water partition coefficient (Wildman–Crippen LogP) is 2.42. The molecule has 2 rings (SSSR count). The van der Waals surface area contributed by atoms with Gasteiger partial charge in [0.15, 0.2) is 0 Å². The number of rotatable bonds is 1. The van der Waals surface area contributed by atoms with Gasteiger partial charge in [-0.1, -0.05) is 25.1 Å². The number of benzene rings is 1. The van der Waals surface area contributed by atoms with Gasteiger partial charge in [-0.3, -0.25) is 0 Å². The van der Waals surface area contributed by atoms with E-state index in [4.69, 9.17) is 10.5 Å². The number of hydrogen-bond donors (Lipinski definition) is 1. The van der Waals surface area contributed by atoms with E-state index in [2.05, 4.69) is 32.0 Å². The molecule has 2 nitrogen and oxygen atoms in total. The first-order chi connectivity index (χ1) is 6.72. The summed E-state index contributed by atoms with van der Waals surface area (Å²) in [6, 6.07) is 6.39. The molecule has 2 unspecified atom stereocenters. The summed E-state index contributed by atoms with van der Waals surface area (Å²) in [4.78, 5) is 0.